The number of nitrogen functional groups attached to an aromatic ring is 1. The second-order valence-electron chi connectivity index (χ2n) is 7.32. The number of hydrogen-bond acceptors (Lipinski definition) is 6. The number of nitrogens with zero attached hydrogens (tertiary/aromatic N) is 4. The van der Waals surface area contributed by atoms with Gasteiger partial charge in [-0.25, -0.2) is 14.8 Å². The standard InChI is InChI=1S/C24H23N7O2/c1-2-13-33-19-6-3-5-18(15-19)20(14-16-7-9-17(10-8-16)21(25)26)22-29-24(32)31(30-22)23-27-11-4-12-28-23/h2-12,15,20H,1,13-14H2,(H3,25,26)(H,29,30,32). The molecular formula is C24H23N7O2. The Bertz CT molecular complexity index is 1310. The van der Waals surface area contributed by atoms with Gasteiger partial charge in [-0.2, -0.15) is 0 Å². The number of ether oxygens (including phenoxy) is 1. The highest BCUT2D eigenvalue weighted by Gasteiger charge is 2.22. The van der Waals surface area contributed by atoms with Gasteiger partial charge >= 0.3 is 5.69 Å². The number of benzene rings is 2. The Kier molecular flexibility index (Phi) is 6.40. The molecule has 166 valence electrons. The summed E-state index contributed by atoms with van der Waals surface area (Å²) in [5, 5.41) is 12.1. The van der Waals surface area contributed by atoms with Crippen molar-refractivity contribution in [2.24, 2.45) is 5.73 Å². The van der Waals surface area contributed by atoms with Gasteiger partial charge in [0.25, 0.3) is 5.95 Å². The average molecular weight is 441 g/mol. The van der Waals surface area contributed by atoms with Gasteiger partial charge in [-0.3, -0.25) is 10.4 Å². The first kappa shape index (κ1) is 21.7. The van der Waals surface area contributed by atoms with Crippen molar-refractivity contribution in [1.29, 1.82) is 5.41 Å². The fraction of sp³-hybridized carbons (Fsp3) is 0.125. The lowest BCUT2D eigenvalue weighted by Crippen LogP contribution is -2.18. The molecule has 2 aromatic heterocycles. The molecule has 1 atom stereocenters. The smallest absolute Gasteiger partial charge is 0.350 e. The maximum Gasteiger partial charge on any atom is 0.350 e. The summed E-state index contributed by atoms with van der Waals surface area (Å²) in [5.74, 6) is 1.09. The van der Waals surface area contributed by atoms with E-state index in [1.165, 1.54) is 0 Å². The van der Waals surface area contributed by atoms with Gasteiger partial charge in [-0.1, -0.05) is 49.1 Å². The van der Waals surface area contributed by atoms with E-state index in [1.807, 2.05) is 36.4 Å². The molecule has 2 heterocycles. The zero-order chi connectivity index (χ0) is 23.2. The van der Waals surface area contributed by atoms with Crippen molar-refractivity contribution in [3.05, 3.63) is 113 Å². The van der Waals surface area contributed by atoms with Crippen molar-refractivity contribution in [2.45, 2.75) is 12.3 Å². The molecule has 0 saturated heterocycles. The lowest BCUT2D eigenvalue weighted by atomic mass is 9.91. The quantitative estimate of drug-likeness (QED) is 0.207. The van der Waals surface area contributed by atoms with Crippen LogP contribution in [-0.4, -0.2) is 37.2 Å². The van der Waals surface area contributed by atoms with E-state index in [9.17, 15) is 4.79 Å². The fourth-order valence-electron chi connectivity index (χ4n) is 3.44. The van der Waals surface area contributed by atoms with E-state index in [-0.39, 0.29) is 17.7 Å². The SMILES string of the molecule is C=CCOc1cccc(C(Cc2ccc(C(=N)N)cc2)c2nn(-c3ncccn3)c(=O)[nH]2)c1. The normalized spacial score (nSPS) is 11.6. The van der Waals surface area contributed by atoms with Gasteiger partial charge in [0.1, 0.15) is 24.0 Å². The second kappa shape index (κ2) is 9.73. The zero-order valence-electron chi connectivity index (χ0n) is 17.8. The summed E-state index contributed by atoms with van der Waals surface area (Å²) < 4.78 is 6.85. The third-order valence-corrected chi connectivity index (χ3v) is 5.04. The fourth-order valence-corrected chi connectivity index (χ4v) is 3.44. The molecule has 1 unspecified atom stereocenters. The Morgan fingerprint density at radius 2 is 1.94 bits per heavy atom. The Labute approximate surface area is 190 Å². The van der Waals surface area contributed by atoms with Crippen LogP contribution in [0.4, 0.5) is 0 Å². The average Bonchev–Trinajstić information content (AvgIpc) is 3.23. The van der Waals surface area contributed by atoms with Crippen molar-refractivity contribution < 1.29 is 4.74 Å². The summed E-state index contributed by atoms with van der Waals surface area (Å²) in [5.41, 5.74) is 7.71. The van der Waals surface area contributed by atoms with Crippen LogP contribution in [0, 0.1) is 5.41 Å². The summed E-state index contributed by atoms with van der Waals surface area (Å²) in [7, 11) is 0. The maximum absolute atomic E-state index is 12.6. The Morgan fingerprint density at radius 3 is 2.64 bits per heavy atom. The molecule has 2 aromatic carbocycles. The van der Waals surface area contributed by atoms with Gasteiger partial charge in [0, 0.05) is 23.9 Å². The minimum absolute atomic E-state index is 0.0103. The maximum atomic E-state index is 12.6. The van der Waals surface area contributed by atoms with E-state index in [4.69, 9.17) is 15.9 Å². The van der Waals surface area contributed by atoms with E-state index in [1.54, 1.807) is 36.7 Å². The largest absolute Gasteiger partial charge is 0.490 e. The molecule has 0 aliphatic carbocycles. The van der Waals surface area contributed by atoms with Crippen molar-refractivity contribution >= 4 is 5.84 Å². The zero-order valence-corrected chi connectivity index (χ0v) is 17.8. The Balaban J connectivity index is 1.74. The first-order valence-corrected chi connectivity index (χ1v) is 10.3. The van der Waals surface area contributed by atoms with Crippen LogP contribution < -0.4 is 16.2 Å². The van der Waals surface area contributed by atoms with Crippen molar-refractivity contribution in [2.75, 3.05) is 6.61 Å². The number of aromatic amines is 1. The second-order valence-corrected chi connectivity index (χ2v) is 7.32. The number of rotatable bonds is 9. The summed E-state index contributed by atoms with van der Waals surface area (Å²) in [6, 6.07) is 16.8. The Morgan fingerprint density at radius 1 is 1.18 bits per heavy atom. The molecule has 4 rings (SSSR count). The number of nitrogens with one attached hydrogen (secondary N) is 2. The highest BCUT2D eigenvalue weighted by Crippen LogP contribution is 2.29. The topological polar surface area (TPSA) is 136 Å². The first-order valence-electron chi connectivity index (χ1n) is 10.3. The molecule has 0 radical (unpaired) electrons. The highest BCUT2D eigenvalue weighted by atomic mass is 16.5. The van der Waals surface area contributed by atoms with Gasteiger partial charge in [0.2, 0.25) is 0 Å². The predicted molar refractivity (Wildman–Crippen MR) is 125 cm³/mol. The first-order chi connectivity index (χ1) is 16.0. The number of H-pyrrole nitrogens is 1. The highest BCUT2D eigenvalue weighted by molar-refractivity contribution is 5.94. The summed E-state index contributed by atoms with van der Waals surface area (Å²) in [6.07, 6.45) is 5.33. The van der Waals surface area contributed by atoms with Gasteiger partial charge < -0.3 is 10.5 Å². The van der Waals surface area contributed by atoms with Gasteiger partial charge in [-0.15, -0.1) is 9.78 Å². The lowest BCUT2D eigenvalue weighted by molar-refractivity contribution is 0.362. The van der Waals surface area contributed by atoms with Crippen LogP contribution in [0.5, 0.6) is 5.75 Å². The molecular weight excluding hydrogens is 418 g/mol. The summed E-state index contributed by atoms with van der Waals surface area (Å²) in [6.45, 7) is 4.07. The molecule has 33 heavy (non-hydrogen) atoms. The molecule has 0 saturated carbocycles. The minimum atomic E-state index is -0.424. The summed E-state index contributed by atoms with van der Waals surface area (Å²) >= 11 is 0. The van der Waals surface area contributed by atoms with Crippen LogP contribution in [-0.2, 0) is 6.42 Å². The molecule has 9 nitrogen and oxygen atoms in total. The number of hydrogen-bond donors (Lipinski definition) is 3. The van der Waals surface area contributed by atoms with E-state index in [2.05, 4.69) is 26.6 Å². The van der Waals surface area contributed by atoms with Crippen molar-refractivity contribution in [3.63, 3.8) is 0 Å². The van der Waals surface area contributed by atoms with Gasteiger partial charge in [0.05, 0.1) is 0 Å². The predicted octanol–water partition coefficient (Wildman–Crippen LogP) is 2.57. The van der Waals surface area contributed by atoms with Crippen LogP contribution >= 0.6 is 0 Å². The minimum Gasteiger partial charge on any atom is -0.490 e. The molecule has 9 heteroatoms. The third kappa shape index (κ3) is 5.04. The monoisotopic (exact) mass is 441 g/mol. The van der Waals surface area contributed by atoms with Crippen LogP contribution in [0.15, 0.2) is 84.4 Å². The molecule has 0 aliphatic rings. The van der Waals surface area contributed by atoms with E-state index in [0.29, 0.717) is 30.2 Å². The molecule has 0 fully saturated rings. The molecule has 0 spiro atoms. The molecule has 0 aliphatic heterocycles. The van der Waals surface area contributed by atoms with Crippen LogP contribution in [0.1, 0.15) is 28.4 Å². The molecule has 0 amide bonds. The van der Waals surface area contributed by atoms with Crippen molar-refractivity contribution in [1.82, 2.24) is 24.7 Å². The third-order valence-electron chi connectivity index (χ3n) is 5.04. The van der Waals surface area contributed by atoms with E-state index < -0.39 is 5.69 Å². The van der Waals surface area contributed by atoms with Crippen LogP contribution in [0.2, 0.25) is 0 Å². The van der Waals surface area contributed by atoms with E-state index >= 15 is 0 Å². The van der Waals surface area contributed by atoms with E-state index in [0.717, 1.165) is 15.8 Å². The molecule has 4 N–H and O–H groups in total. The number of amidine groups is 1. The number of nitrogens with two attached hydrogens (primary N) is 1. The van der Waals surface area contributed by atoms with Gasteiger partial charge in [0.15, 0.2) is 0 Å². The van der Waals surface area contributed by atoms with Crippen LogP contribution in [0.3, 0.4) is 0 Å². The molecule has 4 aromatic rings. The Hall–Kier alpha value is -4.53. The van der Waals surface area contributed by atoms with Crippen LogP contribution in [0.25, 0.3) is 5.95 Å². The molecule has 0 bridgehead atoms. The van der Waals surface area contributed by atoms with Gasteiger partial charge in [-0.05, 0) is 35.7 Å². The lowest BCUT2D eigenvalue weighted by Gasteiger charge is -2.16. The summed E-state index contributed by atoms with van der Waals surface area (Å²) in [4.78, 5) is 23.8. The number of aromatic nitrogens is 5. The van der Waals surface area contributed by atoms with Crippen molar-refractivity contribution in [3.8, 4) is 11.7 Å².